The van der Waals surface area contributed by atoms with E-state index in [0.29, 0.717) is 0 Å². The summed E-state index contributed by atoms with van der Waals surface area (Å²) in [6.45, 7) is 4.21. The van der Waals surface area contributed by atoms with Gasteiger partial charge in [-0.25, -0.2) is 4.98 Å². The highest BCUT2D eigenvalue weighted by Gasteiger charge is 1.98. The normalized spacial score (nSPS) is 10.8. The Morgan fingerprint density at radius 2 is 2.12 bits per heavy atom. The fourth-order valence-corrected chi connectivity index (χ4v) is 1.62. The quantitative estimate of drug-likeness (QED) is 0.815. The molecular weight excluding hydrogens is 266 g/mol. The number of nitrogens with one attached hydrogen (secondary N) is 1. The molecule has 1 N–H and O–H groups in total. The Morgan fingerprint density at radius 3 is 2.75 bits per heavy atom. The summed E-state index contributed by atoms with van der Waals surface area (Å²) in [6.07, 6.45) is 4.24. The number of rotatable bonds is 6. The van der Waals surface area contributed by atoms with Gasteiger partial charge in [0.15, 0.2) is 0 Å². The van der Waals surface area contributed by atoms with Crippen LogP contribution in [0.4, 0.5) is 5.82 Å². The van der Waals surface area contributed by atoms with Crippen LogP contribution in [0.25, 0.3) is 0 Å². The number of unbranched alkanes of at least 4 members (excludes halogenated alkanes) is 1. The zero-order valence-corrected chi connectivity index (χ0v) is 11.8. The van der Waals surface area contributed by atoms with Gasteiger partial charge in [0.2, 0.25) is 0 Å². The molecule has 0 atom stereocenters. The lowest BCUT2D eigenvalue weighted by molar-refractivity contribution is 0.396. The summed E-state index contributed by atoms with van der Waals surface area (Å²) >= 11 is 3.44. The van der Waals surface area contributed by atoms with Gasteiger partial charge in [0.1, 0.15) is 5.82 Å². The highest BCUT2D eigenvalue weighted by Crippen LogP contribution is 2.17. The molecule has 1 aromatic heterocycles. The number of hydrogen-bond donors (Lipinski definition) is 1. The van der Waals surface area contributed by atoms with Crippen LogP contribution < -0.4 is 5.32 Å². The first-order valence-electron chi connectivity index (χ1n) is 5.60. The highest BCUT2D eigenvalue weighted by molar-refractivity contribution is 9.10. The Morgan fingerprint density at radius 1 is 1.38 bits per heavy atom. The van der Waals surface area contributed by atoms with Crippen molar-refractivity contribution in [2.75, 3.05) is 32.5 Å². The van der Waals surface area contributed by atoms with Crippen LogP contribution in [0.1, 0.15) is 18.4 Å². The summed E-state index contributed by atoms with van der Waals surface area (Å²) in [7, 11) is 4.21. The molecule has 0 spiro atoms. The van der Waals surface area contributed by atoms with Crippen molar-refractivity contribution in [3.63, 3.8) is 0 Å². The van der Waals surface area contributed by atoms with Gasteiger partial charge in [0.25, 0.3) is 0 Å². The fraction of sp³-hybridized carbons (Fsp3) is 0.583. The topological polar surface area (TPSA) is 28.2 Å². The highest BCUT2D eigenvalue weighted by atomic mass is 79.9. The number of hydrogen-bond acceptors (Lipinski definition) is 3. The number of halogens is 1. The van der Waals surface area contributed by atoms with Crippen molar-refractivity contribution in [3.05, 3.63) is 22.3 Å². The Labute approximate surface area is 106 Å². The molecule has 0 amide bonds. The van der Waals surface area contributed by atoms with E-state index in [1.165, 1.54) is 18.4 Å². The van der Waals surface area contributed by atoms with Gasteiger partial charge in [0.05, 0.1) is 0 Å². The van der Waals surface area contributed by atoms with Crippen LogP contribution in [0, 0.1) is 6.92 Å². The van der Waals surface area contributed by atoms with Crippen molar-refractivity contribution < 1.29 is 0 Å². The van der Waals surface area contributed by atoms with E-state index in [1.54, 1.807) is 0 Å². The van der Waals surface area contributed by atoms with Gasteiger partial charge in [-0.2, -0.15) is 0 Å². The number of aryl methyl sites for hydroxylation is 1. The summed E-state index contributed by atoms with van der Waals surface area (Å²) in [6, 6.07) is 2.07. The summed E-state index contributed by atoms with van der Waals surface area (Å²) < 4.78 is 1.06. The molecule has 4 heteroatoms. The number of nitrogens with zero attached hydrogens (tertiary/aromatic N) is 2. The maximum Gasteiger partial charge on any atom is 0.126 e. The first-order valence-corrected chi connectivity index (χ1v) is 6.39. The van der Waals surface area contributed by atoms with Crippen molar-refractivity contribution in [1.82, 2.24) is 9.88 Å². The second-order valence-corrected chi connectivity index (χ2v) is 5.11. The van der Waals surface area contributed by atoms with E-state index in [0.717, 1.165) is 23.4 Å². The third-order valence-electron chi connectivity index (χ3n) is 2.39. The molecule has 3 nitrogen and oxygen atoms in total. The van der Waals surface area contributed by atoms with Crippen LogP contribution in [-0.4, -0.2) is 37.1 Å². The van der Waals surface area contributed by atoms with Crippen LogP contribution in [0.5, 0.6) is 0 Å². The van der Waals surface area contributed by atoms with E-state index in [2.05, 4.69) is 58.2 Å². The summed E-state index contributed by atoms with van der Waals surface area (Å²) in [5.74, 6) is 0.963. The molecule has 16 heavy (non-hydrogen) atoms. The third kappa shape index (κ3) is 4.94. The average Bonchev–Trinajstić information content (AvgIpc) is 2.22. The molecule has 1 aromatic rings. The first kappa shape index (κ1) is 13.5. The molecule has 0 aliphatic rings. The van der Waals surface area contributed by atoms with Gasteiger partial charge in [-0.1, -0.05) is 0 Å². The minimum atomic E-state index is 0.963. The molecule has 0 radical (unpaired) electrons. The van der Waals surface area contributed by atoms with Gasteiger partial charge < -0.3 is 10.2 Å². The monoisotopic (exact) mass is 285 g/mol. The lowest BCUT2D eigenvalue weighted by Crippen LogP contribution is -2.14. The first-order chi connectivity index (χ1) is 7.59. The minimum absolute atomic E-state index is 0.963. The fourth-order valence-electron chi connectivity index (χ4n) is 1.41. The SMILES string of the molecule is Cc1cc(NCCCCN(C)C)ncc1Br. The maximum absolute atomic E-state index is 4.30. The number of pyridine rings is 1. The largest absolute Gasteiger partial charge is 0.370 e. The molecule has 0 aliphatic heterocycles. The summed E-state index contributed by atoms with van der Waals surface area (Å²) in [5.41, 5.74) is 1.21. The molecule has 0 fully saturated rings. The van der Waals surface area contributed by atoms with Gasteiger partial charge >= 0.3 is 0 Å². The average molecular weight is 286 g/mol. The molecule has 0 bridgehead atoms. The van der Waals surface area contributed by atoms with Gasteiger partial charge in [-0.3, -0.25) is 0 Å². The predicted molar refractivity (Wildman–Crippen MR) is 73.0 cm³/mol. The second-order valence-electron chi connectivity index (χ2n) is 4.26. The van der Waals surface area contributed by atoms with Crippen molar-refractivity contribution >= 4 is 21.7 Å². The summed E-state index contributed by atoms with van der Waals surface area (Å²) in [5, 5.41) is 3.34. The van der Waals surface area contributed by atoms with E-state index in [9.17, 15) is 0 Å². The molecule has 0 saturated carbocycles. The molecule has 1 heterocycles. The Bertz CT molecular complexity index is 326. The zero-order valence-electron chi connectivity index (χ0n) is 10.3. The van der Waals surface area contributed by atoms with E-state index in [1.807, 2.05) is 6.20 Å². The second kappa shape index (κ2) is 6.86. The molecule has 1 rings (SSSR count). The van der Waals surface area contributed by atoms with Crippen LogP contribution in [-0.2, 0) is 0 Å². The van der Waals surface area contributed by atoms with Crippen molar-refractivity contribution in [2.45, 2.75) is 19.8 Å². The summed E-state index contributed by atoms with van der Waals surface area (Å²) in [4.78, 5) is 6.51. The van der Waals surface area contributed by atoms with Gasteiger partial charge in [-0.15, -0.1) is 0 Å². The number of aromatic nitrogens is 1. The minimum Gasteiger partial charge on any atom is -0.370 e. The van der Waals surface area contributed by atoms with Crippen molar-refractivity contribution in [1.29, 1.82) is 0 Å². The maximum atomic E-state index is 4.30. The van der Waals surface area contributed by atoms with Crippen LogP contribution in [0.2, 0.25) is 0 Å². The lowest BCUT2D eigenvalue weighted by Gasteiger charge is -2.10. The van der Waals surface area contributed by atoms with Gasteiger partial charge in [-0.05, 0) is 68.0 Å². The van der Waals surface area contributed by atoms with E-state index >= 15 is 0 Å². The molecule has 0 saturated heterocycles. The molecular formula is C12H20BrN3. The third-order valence-corrected chi connectivity index (χ3v) is 3.22. The van der Waals surface area contributed by atoms with Crippen LogP contribution in [0.15, 0.2) is 16.7 Å². The smallest absolute Gasteiger partial charge is 0.126 e. The predicted octanol–water partition coefficient (Wildman–Crippen LogP) is 2.91. The molecule has 0 aromatic carbocycles. The van der Waals surface area contributed by atoms with Crippen LogP contribution >= 0.6 is 15.9 Å². The molecule has 0 aliphatic carbocycles. The standard InChI is InChI=1S/C12H20BrN3/c1-10-8-12(15-9-11(10)13)14-6-4-5-7-16(2)3/h8-9H,4-7H2,1-3H3,(H,14,15). The van der Waals surface area contributed by atoms with Gasteiger partial charge in [0, 0.05) is 17.2 Å². The Balaban J connectivity index is 2.24. The van der Waals surface area contributed by atoms with Crippen LogP contribution in [0.3, 0.4) is 0 Å². The van der Waals surface area contributed by atoms with E-state index in [4.69, 9.17) is 0 Å². The van der Waals surface area contributed by atoms with Crippen molar-refractivity contribution in [2.24, 2.45) is 0 Å². The zero-order chi connectivity index (χ0) is 12.0. The Hall–Kier alpha value is -0.610. The van der Waals surface area contributed by atoms with E-state index < -0.39 is 0 Å². The van der Waals surface area contributed by atoms with Crippen molar-refractivity contribution in [3.8, 4) is 0 Å². The molecule has 90 valence electrons. The lowest BCUT2D eigenvalue weighted by atomic mass is 10.3. The number of anilines is 1. The van der Waals surface area contributed by atoms with E-state index in [-0.39, 0.29) is 0 Å². The molecule has 0 unspecified atom stereocenters. The Kier molecular flexibility index (Phi) is 5.77.